The minimum atomic E-state index is -4.55. The van der Waals surface area contributed by atoms with Gasteiger partial charge in [-0.2, -0.15) is 18.3 Å². The van der Waals surface area contributed by atoms with Crippen LogP contribution < -0.4 is 5.32 Å². The van der Waals surface area contributed by atoms with Crippen molar-refractivity contribution in [1.29, 1.82) is 0 Å². The SMILES string of the molecule is Cc1c(Nc2ccnc3ccc(S(=O)(=O)C(C)(C)C)cc23)n[nH]c1C(F)(F)F. The Morgan fingerprint density at radius 1 is 1.11 bits per heavy atom. The van der Waals surface area contributed by atoms with E-state index < -0.39 is 26.5 Å². The summed E-state index contributed by atoms with van der Waals surface area (Å²) in [5.41, 5.74) is -0.123. The number of alkyl halides is 3. The van der Waals surface area contributed by atoms with Crippen LogP contribution in [0.1, 0.15) is 32.0 Å². The first-order valence-corrected chi connectivity index (χ1v) is 9.83. The van der Waals surface area contributed by atoms with Crippen molar-refractivity contribution < 1.29 is 21.6 Å². The molecule has 150 valence electrons. The van der Waals surface area contributed by atoms with Gasteiger partial charge in [0, 0.05) is 17.1 Å². The fourth-order valence-corrected chi connectivity index (χ4v) is 3.91. The van der Waals surface area contributed by atoms with Crippen LogP contribution >= 0.6 is 0 Å². The van der Waals surface area contributed by atoms with Crippen LogP contribution in [0.5, 0.6) is 0 Å². The number of anilines is 2. The summed E-state index contributed by atoms with van der Waals surface area (Å²) in [6.45, 7) is 6.09. The van der Waals surface area contributed by atoms with Crippen molar-refractivity contribution in [2.75, 3.05) is 5.32 Å². The average Bonchev–Trinajstić information content (AvgIpc) is 2.94. The van der Waals surface area contributed by atoms with Gasteiger partial charge >= 0.3 is 6.18 Å². The number of rotatable bonds is 3. The van der Waals surface area contributed by atoms with E-state index in [2.05, 4.69) is 15.4 Å². The number of nitrogens with one attached hydrogen (secondary N) is 2. The van der Waals surface area contributed by atoms with Crippen molar-refractivity contribution in [3.8, 4) is 0 Å². The maximum Gasteiger partial charge on any atom is 0.433 e. The Bertz CT molecular complexity index is 1150. The number of H-pyrrole nitrogens is 1. The van der Waals surface area contributed by atoms with E-state index in [9.17, 15) is 21.6 Å². The van der Waals surface area contributed by atoms with Crippen LogP contribution in [0.4, 0.5) is 24.7 Å². The molecule has 0 unspecified atom stereocenters. The quantitative estimate of drug-likeness (QED) is 0.656. The number of fused-ring (bicyclic) bond motifs is 1. The van der Waals surface area contributed by atoms with Crippen LogP contribution in [0.15, 0.2) is 35.4 Å². The van der Waals surface area contributed by atoms with Gasteiger partial charge in [0.25, 0.3) is 0 Å². The molecular formula is C18H19F3N4O2S. The van der Waals surface area contributed by atoms with Gasteiger partial charge in [-0.25, -0.2) is 8.42 Å². The molecule has 0 aliphatic heterocycles. The number of pyridine rings is 1. The van der Waals surface area contributed by atoms with Crippen molar-refractivity contribution >= 4 is 32.2 Å². The minimum Gasteiger partial charge on any atom is -0.338 e. The van der Waals surface area contributed by atoms with Gasteiger partial charge in [-0.3, -0.25) is 10.1 Å². The average molecular weight is 412 g/mol. The smallest absolute Gasteiger partial charge is 0.338 e. The first kappa shape index (κ1) is 20.1. The molecule has 3 aromatic rings. The summed E-state index contributed by atoms with van der Waals surface area (Å²) in [6.07, 6.45) is -3.07. The first-order valence-electron chi connectivity index (χ1n) is 8.35. The molecule has 0 saturated heterocycles. The molecule has 0 saturated carbocycles. The zero-order chi connectivity index (χ0) is 20.9. The Morgan fingerprint density at radius 2 is 1.79 bits per heavy atom. The lowest BCUT2D eigenvalue weighted by Gasteiger charge is -2.19. The predicted octanol–water partition coefficient (Wildman–Crippen LogP) is 4.60. The number of hydrogen-bond donors (Lipinski definition) is 2. The van der Waals surface area contributed by atoms with Gasteiger partial charge in [0.2, 0.25) is 0 Å². The van der Waals surface area contributed by atoms with Crippen molar-refractivity contribution in [1.82, 2.24) is 15.2 Å². The summed E-state index contributed by atoms with van der Waals surface area (Å²) in [6, 6.07) is 6.06. The third kappa shape index (κ3) is 3.44. The van der Waals surface area contributed by atoms with Crippen LogP contribution in [0.2, 0.25) is 0 Å². The molecule has 6 nitrogen and oxygen atoms in total. The van der Waals surface area contributed by atoms with Crippen molar-refractivity contribution in [2.24, 2.45) is 0 Å². The minimum absolute atomic E-state index is 0.00362. The van der Waals surface area contributed by atoms with Crippen molar-refractivity contribution in [3.63, 3.8) is 0 Å². The molecular weight excluding hydrogens is 393 g/mol. The molecule has 0 bridgehead atoms. The Kier molecular flexibility index (Phi) is 4.65. The molecule has 28 heavy (non-hydrogen) atoms. The van der Waals surface area contributed by atoms with E-state index in [1.807, 2.05) is 5.10 Å². The van der Waals surface area contributed by atoms with Gasteiger partial charge in [-0.1, -0.05) is 0 Å². The van der Waals surface area contributed by atoms with Crippen LogP contribution in [0.3, 0.4) is 0 Å². The van der Waals surface area contributed by atoms with E-state index in [0.717, 1.165) is 0 Å². The van der Waals surface area contributed by atoms with Gasteiger partial charge in [-0.05, 0) is 52.0 Å². The van der Waals surface area contributed by atoms with Crippen LogP contribution in [-0.4, -0.2) is 28.3 Å². The lowest BCUT2D eigenvalue weighted by atomic mass is 10.2. The van der Waals surface area contributed by atoms with Crippen LogP contribution in [0, 0.1) is 6.92 Å². The fourth-order valence-electron chi connectivity index (χ4n) is 2.68. The van der Waals surface area contributed by atoms with E-state index in [0.29, 0.717) is 16.6 Å². The molecule has 3 rings (SSSR count). The molecule has 0 fully saturated rings. The molecule has 0 amide bonds. The largest absolute Gasteiger partial charge is 0.433 e. The molecule has 2 heterocycles. The summed E-state index contributed by atoms with van der Waals surface area (Å²) < 4.78 is 63.4. The lowest BCUT2D eigenvalue weighted by molar-refractivity contribution is -0.141. The Hall–Kier alpha value is -2.62. The molecule has 0 spiro atoms. The highest BCUT2D eigenvalue weighted by atomic mass is 32.2. The van der Waals surface area contributed by atoms with E-state index in [-0.39, 0.29) is 16.3 Å². The molecule has 0 aliphatic rings. The number of benzene rings is 1. The molecule has 1 aromatic carbocycles. The molecule has 10 heteroatoms. The monoisotopic (exact) mass is 412 g/mol. The number of hydrogen-bond acceptors (Lipinski definition) is 5. The Balaban J connectivity index is 2.11. The van der Waals surface area contributed by atoms with Gasteiger partial charge in [0.1, 0.15) is 5.69 Å². The first-order chi connectivity index (χ1) is 12.8. The van der Waals surface area contributed by atoms with E-state index in [4.69, 9.17) is 0 Å². The summed E-state index contributed by atoms with van der Waals surface area (Å²) in [5.74, 6) is 0.00362. The topological polar surface area (TPSA) is 87.7 Å². The van der Waals surface area contributed by atoms with Crippen molar-refractivity contribution in [3.05, 3.63) is 41.7 Å². The lowest BCUT2D eigenvalue weighted by Crippen LogP contribution is -2.27. The number of nitrogens with zero attached hydrogens (tertiary/aromatic N) is 2. The molecule has 2 aromatic heterocycles. The number of aromatic amines is 1. The molecule has 0 aliphatic carbocycles. The zero-order valence-corrected chi connectivity index (χ0v) is 16.5. The van der Waals surface area contributed by atoms with E-state index in [1.54, 1.807) is 32.9 Å². The van der Waals surface area contributed by atoms with Crippen LogP contribution in [0.25, 0.3) is 10.9 Å². The second-order valence-corrected chi connectivity index (χ2v) is 10.1. The highest BCUT2D eigenvalue weighted by molar-refractivity contribution is 7.92. The fraction of sp³-hybridized carbons (Fsp3) is 0.333. The molecule has 2 N–H and O–H groups in total. The summed E-state index contributed by atoms with van der Waals surface area (Å²) >= 11 is 0. The van der Waals surface area contributed by atoms with E-state index >= 15 is 0 Å². The van der Waals surface area contributed by atoms with Gasteiger partial charge < -0.3 is 5.32 Å². The predicted molar refractivity (Wildman–Crippen MR) is 100 cm³/mol. The summed E-state index contributed by atoms with van der Waals surface area (Å²) in [7, 11) is -3.61. The third-order valence-corrected chi connectivity index (χ3v) is 6.86. The van der Waals surface area contributed by atoms with Gasteiger partial charge in [0.15, 0.2) is 15.7 Å². The maximum absolute atomic E-state index is 13.0. The highest BCUT2D eigenvalue weighted by Gasteiger charge is 2.36. The van der Waals surface area contributed by atoms with Crippen molar-refractivity contribution in [2.45, 2.75) is 43.5 Å². The second kappa shape index (κ2) is 6.47. The molecule has 0 atom stereocenters. The molecule has 0 radical (unpaired) electrons. The number of aromatic nitrogens is 3. The second-order valence-electron chi connectivity index (χ2n) is 7.35. The standard InChI is InChI=1S/C18H19F3N4O2S/c1-10-15(18(19,20)21)24-25-16(10)23-14-7-8-22-13-6-5-11(9-12(13)14)28(26,27)17(2,3)4/h5-9H,1-4H3,(H2,22,23,24,25). The van der Waals surface area contributed by atoms with Crippen LogP contribution in [-0.2, 0) is 16.0 Å². The number of sulfone groups is 1. The van der Waals surface area contributed by atoms with E-state index in [1.165, 1.54) is 25.3 Å². The number of halogens is 3. The maximum atomic E-state index is 13.0. The Labute approximate surface area is 160 Å². The zero-order valence-electron chi connectivity index (χ0n) is 15.6. The normalized spacial score (nSPS) is 13.1. The van der Waals surface area contributed by atoms with Gasteiger partial charge in [0.05, 0.1) is 20.8 Å². The highest BCUT2D eigenvalue weighted by Crippen LogP contribution is 2.35. The van der Waals surface area contributed by atoms with Gasteiger partial charge in [-0.15, -0.1) is 0 Å². The summed E-state index contributed by atoms with van der Waals surface area (Å²) in [4.78, 5) is 4.30. The third-order valence-electron chi connectivity index (χ3n) is 4.38. The summed E-state index contributed by atoms with van der Waals surface area (Å²) in [5, 5.41) is 9.00. The Morgan fingerprint density at radius 3 is 2.36 bits per heavy atom.